The number of rotatable bonds is 4. The molecule has 108 valence electrons. The molecular formula is C16H23N3O. The van der Waals surface area contributed by atoms with Crippen molar-refractivity contribution in [2.75, 3.05) is 11.9 Å². The average molecular weight is 273 g/mol. The standard InChI is InChI=1S/C16H23N3O/c1-3-4-14-9-13(7-8-20-14)19-12-5-6-15-16(10-12)18-11(2)17-15/h5-6,10,13-14,19H,3-4,7-9H2,1-2H3,(H,17,18). The van der Waals surface area contributed by atoms with E-state index in [4.69, 9.17) is 4.74 Å². The van der Waals surface area contributed by atoms with Gasteiger partial charge in [-0.1, -0.05) is 13.3 Å². The van der Waals surface area contributed by atoms with Crippen molar-refractivity contribution in [2.45, 2.75) is 51.7 Å². The van der Waals surface area contributed by atoms with Crippen molar-refractivity contribution in [1.82, 2.24) is 9.97 Å². The SMILES string of the molecule is CCCC1CC(Nc2ccc3nc(C)[nH]c3c2)CCO1. The molecule has 4 heteroatoms. The van der Waals surface area contributed by atoms with Gasteiger partial charge < -0.3 is 15.0 Å². The Hall–Kier alpha value is -1.55. The molecule has 0 aliphatic carbocycles. The van der Waals surface area contributed by atoms with Gasteiger partial charge in [0.15, 0.2) is 0 Å². The van der Waals surface area contributed by atoms with Gasteiger partial charge in [-0.2, -0.15) is 0 Å². The van der Waals surface area contributed by atoms with Crippen LogP contribution >= 0.6 is 0 Å². The smallest absolute Gasteiger partial charge is 0.104 e. The molecule has 0 bridgehead atoms. The third kappa shape index (κ3) is 2.96. The average Bonchev–Trinajstić information content (AvgIpc) is 2.79. The van der Waals surface area contributed by atoms with Gasteiger partial charge >= 0.3 is 0 Å². The predicted octanol–water partition coefficient (Wildman–Crippen LogP) is 3.63. The molecule has 0 amide bonds. The van der Waals surface area contributed by atoms with Crippen LogP contribution in [0, 0.1) is 6.92 Å². The summed E-state index contributed by atoms with van der Waals surface area (Å²) in [6.07, 6.45) is 4.96. The van der Waals surface area contributed by atoms with E-state index in [1.165, 1.54) is 12.1 Å². The molecule has 4 nitrogen and oxygen atoms in total. The molecule has 2 heterocycles. The van der Waals surface area contributed by atoms with Gasteiger partial charge in [0.25, 0.3) is 0 Å². The molecule has 1 aromatic heterocycles. The molecule has 1 aromatic carbocycles. The second-order valence-corrected chi connectivity index (χ2v) is 5.70. The molecule has 0 saturated carbocycles. The summed E-state index contributed by atoms with van der Waals surface area (Å²) < 4.78 is 5.80. The molecular weight excluding hydrogens is 250 g/mol. The second-order valence-electron chi connectivity index (χ2n) is 5.70. The number of anilines is 1. The zero-order valence-electron chi connectivity index (χ0n) is 12.3. The van der Waals surface area contributed by atoms with Crippen LogP contribution in [0.5, 0.6) is 0 Å². The molecule has 0 spiro atoms. The molecule has 1 fully saturated rings. The van der Waals surface area contributed by atoms with Crippen LogP contribution in [0.4, 0.5) is 5.69 Å². The molecule has 2 N–H and O–H groups in total. The van der Waals surface area contributed by atoms with E-state index in [9.17, 15) is 0 Å². The summed E-state index contributed by atoms with van der Waals surface area (Å²) in [4.78, 5) is 7.72. The summed E-state index contributed by atoms with van der Waals surface area (Å²) in [5.74, 6) is 0.964. The van der Waals surface area contributed by atoms with Crippen LogP contribution in [0.25, 0.3) is 11.0 Å². The van der Waals surface area contributed by atoms with Crippen LogP contribution in [-0.4, -0.2) is 28.7 Å². The quantitative estimate of drug-likeness (QED) is 0.894. The van der Waals surface area contributed by atoms with Gasteiger partial charge in [0.05, 0.1) is 17.1 Å². The highest BCUT2D eigenvalue weighted by Gasteiger charge is 2.21. The topological polar surface area (TPSA) is 49.9 Å². The zero-order chi connectivity index (χ0) is 13.9. The van der Waals surface area contributed by atoms with Crippen molar-refractivity contribution in [3.63, 3.8) is 0 Å². The fourth-order valence-corrected chi connectivity index (χ4v) is 3.00. The third-order valence-electron chi connectivity index (χ3n) is 3.95. The first kappa shape index (κ1) is 13.4. The van der Waals surface area contributed by atoms with E-state index in [0.717, 1.165) is 42.7 Å². The molecule has 20 heavy (non-hydrogen) atoms. The van der Waals surface area contributed by atoms with Crippen molar-refractivity contribution in [2.24, 2.45) is 0 Å². The highest BCUT2D eigenvalue weighted by molar-refractivity contribution is 5.79. The number of aromatic amines is 1. The number of fused-ring (bicyclic) bond motifs is 1. The third-order valence-corrected chi connectivity index (χ3v) is 3.95. The van der Waals surface area contributed by atoms with Gasteiger partial charge in [-0.3, -0.25) is 0 Å². The minimum atomic E-state index is 0.421. The zero-order valence-corrected chi connectivity index (χ0v) is 12.3. The van der Waals surface area contributed by atoms with E-state index in [1.54, 1.807) is 0 Å². The van der Waals surface area contributed by atoms with E-state index >= 15 is 0 Å². The lowest BCUT2D eigenvalue weighted by molar-refractivity contribution is 0.00598. The Kier molecular flexibility index (Phi) is 3.92. The summed E-state index contributed by atoms with van der Waals surface area (Å²) in [5.41, 5.74) is 3.30. The van der Waals surface area contributed by atoms with Crippen LogP contribution in [-0.2, 0) is 4.74 Å². The fourth-order valence-electron chi connectivity index (χ4n) is 3.00. The summed E-state index contributed by atoms with van der Waals surface area (Å²) in [5, 5.41) is 3.64. The number of benzene rings is 1. The first-order valence-corrected chi connectivity index (χ1v) is 7.59. The Morgan fingerprint density at radius 1 is 1.45 bits per heavy atom. The van der Waals surface area contributed by atoms with Crippen LogP contribution in [0.1, 0.15) is 38.4 Å². The lowest BCUT2D eigenvalue weighted by Gasteiger charge is -2.30. The number of nitrogens with zero attached hydrogens (tertiary/aromatic N) is 1. The normalized spacial score (nSPS) is 23.1. The second kappa shape index (κ2) is 5.83. The van der Waals surface area contributed by atoms with Crippen LogP contribution in [0.3, 0.4) is 0 Å². The maximum Gasteiger partial charge on any atom is 0.104 e. The van der Waals surface area contributed by atoms with E-state index < -0.39 is 0 Å². The molecule has 1 aliphatic heterocycles. The number of aromatic nitrogens is 2. The van der Waals surface area contributed by atoms with Crippen molar-refractivity contribution >= 4 is 16.7 Å². The minimum absolute atomic E-state index is 0.421. The Bertz CT molecular complexity index is 576. The van der Waals surface area contributed by atoms with E-state index in [2.05, 4.69) is 40.4 Å². The van der Waals surface area contributed by atoms with E-state index in [0.29, 0.717) is 12.1 Å². The number of imidazole rings is 1. The van der Waals surface area contributed by atoms with Gasteiger partial charge in [-0.25, -0.2) is 4.98 Å². The van der Waals surface area contributed by atoms with Crippen LogP contribution < -0.4 is 5.32 Å². The first-order chi connectivity index (χ1) is 9.74. The Labute approximate surface area is 119 Å². The van der Waals surface area contributed by atoms with Crippen molar-refractivity contribution in [3.05, 3.63) is 24.0 Å². The largest absolute Gasteiger partial charge is 0.382 e. The maximum atomic E-state index is 5.80. The molecule has 0 radical (unpaired) electrons. The lowest BCUT2D eigenvalue weighted by atomic mass is 10.00. The van der Waals surface area contributed by atoms with E-state index in [1.807, 2.05) is 6.92 Å². The summed E-state index contributed by atoms with van der Waals surface area (Å²) >= 11 is 0. The van der Waals surface area contributed by atoms with Gasteiger partial charge in [0.1, 0.15) is 5.82 Å². The monoisotopic (exact) mass is 273 g/mol. The minimum Gasteiger partial charge on any atom is -0.382 e. The number of hydrogen-bond donors (Lipinski definition) is 2. The van der Waals surface area contributed by atoms with Crippen molar-refractivity contribution < 1.29 is 4.74 Å². The van der Waals surface area contributed by atoms with Gasteiger partial charge in [0.2, 0.25) is 0 Å². The molecule has 1 aliphatic rings. The number of H-pyrrole nitrogens is 1. The maximum absolute atomic E-state index is 5.80. The van der Waals surface area contributed by atoms with Gasteiger partial charge in [-0.05, 0) is 44.4 Å². The molecule has 2 aromatic rings. The van der Waals surface area contributed by atoms with Crippen LogP contribution in [0.15, 0.2) is 18.2 Å². The van der Waals surface area contributed by atoms with E-state index in [-0.39, 0.29) is 0 Å². The number of aryl methyl sites for hydroxylation is 1. The summed E-state index contributed by atoms with van der Waals surface area (Å²) in [6.45, 7) is 5.07. The number of nitrogens with one attached hydrogen (secondary N) is 2. The molecule has 3 rings (SSSR count). The number of ether oxygens (including phenoxy) is 1. The Morgan fingerprint density at radius 2 is 2.35 bits per heavy atom. The van der Waals surface area contributed by atoms with Crippen LogP contribution in [0.2, 0.25) is 0 Å². The number of hydrogen-bond acceptors (Lipinski definition) is 3. The molecule has 2 atom stereocenters. The van der Waals surface area contributed by atoms with Crippen molar-refractivity contribution in [1.29, 1.82) is 0 Å². The summed E-state index contributed by atoms with van der Waals surface area (Å²) in [6, 6.07) is 6.86. The summed E-state index contributed by atoms with van der Waals surface area (Å²) in [7, 11) is 0. The predicted molar refractivity (Wildman–Crippen MR) is 82.1 cm³/mol. The highest BCUT2D eigenvalue weighted by atomic mass is 16.5. The highest BCUT2D eigenvalue weighted by Crippen LogP contribution is 2.23. The van der Waals surface area contributed by atoms with Gasteiger partial charge in [0, 0.05) is 18.3 Å². The first-order valence-electron chi connectivity index (χ1n) is 7.59. The molecule has 2 unspecified atom stereocenters. The van der Waals surface area contributed by atoms with Crippen molar-refractivity contribution in [3.8, 4) is 0 Å². The lowest BCUT2D eigenvalue weighted by Crippen LogP contribution is -2.33. The van der Waals surface area contributed by atoms with Gasteiger partial charge in [-0.15, -0.1) is 0 Å². The molecule has 1 saturated heterocycles. The fraction of sp³-hybridized carbons (Fsp3) is 0.562. The Morgan fingerprint density at radius 3 is 3.20 bits per heavy atom. The Balaban J connectivity index is 1.68.